The van der Waals surface area contributed by atoms with E-state index in [0.717, 1.165) is 19.3 Å². The molecule has 1 aromatic rings. The third kappa shape index (κ3) is 20.3. The summed E-state index contributed by atoms with van der Waals surface area (Å²) in [5.41, 5.74) is 0.0522. The summed E-state index contributed by atoms with van der Waals surface area (Å²) < 4.78 is 44.0. The van der Waals surface area contributed by atoms with Crippen LogP contribution in [0.3, 0.4) is 0 Å². The quantitative estimate of drug-likeness (QED) is 0.0626. The van der Waals surface area contributed by atoms with Crippen LogP contribution in [0.2, 0.25) is 0 Å². The van der Waals surface area contributed by atoms with Gasteiger partial charge < -0.3 is 14.0 Å². The second-order valence-electron chi connectivity index (χ2n) is 10.8. The minimum Gasteiger partial charge on any atom is -0.748 e. The Bertz CT molecular complexity index is 920. The topological polar surface area (TPSA) is 110 Å². The van der Waals surface area contributed by atoms with Crippen LogP contribution in [0.25, 0.3) is 0 Å². The molecule has 0 saturated heterocycles. The van der Waals surface area contributed by atoms with E-state index < -0.39 is 33.9 Å². The summed E-state index contributed by atoms with van der Waals surface area (Å²) in [5.74, 6) is -1.48. The van der Waals surface area contributed by atoms with Gasteiger partial charge >= 0.3 is 63.3 Å². The van der Waals surface area contributed by atoms with Crippen LogP contribution in [-0.2, 0) is 19.6 Å². The second-order valence-corrected chi connectivity index (χ2v) is 12.5. The molecule has 0 spiro atoms. The molecular weight excluding hydrogens is 568 g/mol. The first kappa shape index (κ1) is 40.7. The van der Waals surface area contributed by atoms with Gasteiger partial charge in [-0.1, -0.05) is 135 Å². The zero-order valence-electron chi connectivity index (χ0n) is 26.0. The Kier molecular flexibility index (Phi) is 26.0. The van der Waals surface area contributed by atoms with E-state index in [4.69, 9.17) is 9.47 Å². The molecule has 0 bridgehead atoms. The molecule has 1 rings (SSSR count). The van der Waals surface area contributed by atoms with Crippen LogP contribution in [0.5, 0.6) is 0 Å². The maximum atomic E-state index is 12.5. The predicted molar refractivity (Wildman–Crippen MR) is 160 cm³/mol. The monoisotopic (exact) mass is 620 g/mol. The van der Waals surface area contributed by atoms with E-state index in [1.54, 1.807) is 12.1 Å². The molecule has 0 saturated carbocycles. The summed E-state index contributed by atoms with van der Waals surface area (Å²) in [6.07, 6.45) is 23.2. The summed E-state index contributed by atoms with van der Waals surface area (Å²) >= 11 is 0. The van der Waals surface area contributed by atoms with Gasteiger partial charge in [-0.3, -0.25) is 0 Å². The van der Waals surface area contributed by atoms with Crippen LogP contribution in [0.15, 0.2) is 24.3 Å². The molecule has 0 aromatic heterocycles. The molecule has 1 atom stereocenters. The minimum atomic E-state index is -4.57. The largest absolute Gasteiger partial charge is 1.00 e. The summed E-state index contributed by atoms with van der Waals surface area (Å²) in [6.45, 7) is 3.51. The van der Waals surface area contributed by atoms with Crippen molar-refractivity contribution in [1.82, 2.24) is 0 Å². The molecule has 1 unspecified atom stereocenters. The average Bonchev–Trinajstić information content (AvgIpc) is 2.93. The molecule has 0 heterocycles. The van der Waals surface area contributed by atoms with Crippen molar-refractivity contribution in [1.29, 1.82) is 0 Å². The van der Waals surface area contributed by atoms with Crippen molar-refractivity contribution in [3.05, 3.63) is 35.4 Å². The molecule has 7 nitrogen and oxygen atoms in total. The Morgan fingerprint density at radius 1 is 0.659 bits per heavy atom. The van der Waals surface area contributed by atoms with Crippen LogP contribution < -0.4 is 51.4 Å². The minimum absolute atomic E-state index is 0. The molecule has 0 aliphatic carbocycles. The number of unbranched alkanes of at least 4 members (excludes halogenated alkanes) is 17. The third-order valence-electron chi connectivity index (χ3n) is 7.36. The normalized spacial score (nSPS) is 12.0. The Hall–Kier alpha value is -0.294. The number of hydrogen-bond donors (Lipinski definition) is 0. The van der Waals surface area contributed by atoms with Crippen molar-refractivity contribution >= 4 is 22.1 Å². The molecule has 0 N–H and O–H groups in total. The first-order valence-corrected chi connectivity index (χ1v) is 17.2. The number of hydrogen-bond acceptors (Lipinski definition) is 7. The fraction of sp³-hybridized carbons (Fsp3) is 0.750. The first-order chi connectivity index (χ1) is 19.3. The Balaban J connectivity index is 0.0000160. The van der Waals surface area contributed by atoms with Crippen LogP contribution >= 0.6 is 0 Å². The van der Waals surface area contributed by atoms with Gasteiger partial charge in [-0.05, 0) is 25.0 Å². The fourth-order valence-corrected chi connectivity index (χ4v) is 5.38. The van der Waals surface area contributed by atoms with Crippen molar-refractivity contribution < 1.29 is 83.4 Å². The van der Waals surface area contributed by atoms with E-state index in [-0.39, 0.29) is 75.5 Å². The number of esters is 2. The predicted octanol–water partition coefficient (Wildman–Crippen LogP) is 5.37. The van der Waals surface area contributed by atoms with Crippen molar-refractivity contribution in [3.8, 4) is 0 Å². The van der Waals surface area contributed by atoms with Crippen molar-refractivity contribution in [3.63, 3.8) is 0 Å². The van der Waals surface area contributed by atoms with Gasteiger partial charge in [0.25, 0.3) is 0 Å². The van der Waals surface area contributed by atoms with Gasteiger partial charge in [0.15, 0.2) is 0 Å². The van der Waals surface area contributed by atoms with E-state index in [1.165, 1.54) is 115 Å². The number of carbonyl (C=O) groups excluding carboxylic acids is 2. The van der Waals surface area contributed by atoms with Crippen molar-refractivity contribution in [2.45, 2.75) is 141 Å². The van der Waals surface area contributed by atoms with Crippen LogP contribution in [0, 0.1) is 0 Å². The van der Waals surface area contributed by atoms with Crippen molar-refractivity contribution in [2.75, 3.05) is 13.2 Å². The molecule has 0 aliphatic heterocycles. The zero-order chi connectivity index (χ0) is 29.5. The zero-order valence-corrected chi connectivity index (χ0v) is 29.9. The van der Waals surface area contributed by atoms with Gasteiger partial charge in [-0.15, -0.1) is 0 Å². The van der Waals surface area contributed by atoms with E-state index in [0.29, 0.717) is 0 Å². The van der Waals surface area contributed by atoms with Gasteiger partial charge in [-0.2, -0.15) is 0 Å². The Morgan fingerprint density at radius 2 is 1.02 bits per heavy atom. The van der Waals surface area contributed by atoms with E-state index in [2.05, 4.69) is 6.92 Å². The fourth-order valence-electron chi connectivity index (χ4n) is 4.74. The number of carbonyl (C=O) groups is 2. The van der Waals surface area contributed by atoms with E-state index >= 15 is 0 Å². The van der Waals surface area contributed by atoms with Crippen LogP contribution in [0.1, 0.15) is 157 Å². The van der Waals surface area contributed by atoms with Gasteiger partial charge in [0.1, 0.15) is 16.7 Å². The summed E-state index contributed by atoms with van der Waals surface area (Å²) in [5, 5.41) is -1.32. The molecule has 230 valence electrons. The summed E-state index contributed by atoms with van der Waals surface area (Å²) in [6, 6.07) is 6.07. The maximum absolute atomic E-state index is 12.5. The standard InChI is InChI=1S/C32H54O7S.K/c1-3-5-6-7-8-9-10-11-12-13-14-15-16-17-18-19-20-23-26-38-31(33)29-24-21-22-25-30(29)32(34)39-27-28(4-2)40(35,36)37;/h21-22,24-25,28H,3-20,23,26-27H2,1-2H3,(H,35,36,37);/q;+1/p-1. The number of benzene rings is 1. The second kappa shape index (κ2) is 26.1. The van der Waals surface area contributed by atoms with E-state index in [9.17, 15) is 22.6 Å². The molecule has 9 heteroatoms. The molecule has 41 heavy (non-hydrogen) atoms. The van der Waals surface area contributed by atoms with Gasteiger partial charge in [-0.25, -0.2) is 18.0 Å². The Labute approximate surface area is 292 Å². The number of ether oxygens (including phenoxy) is 2. The molecular formula is C32H53KO7S. The summed E-state index contributed by atoms with van der Waals surface area (Å²) in [4.78, 5) is 25.0. The van der Waals surface area contributed by atoms with Crippen molar-refractivity contribution in [2.24, 2.45) is 0 Å². The van der Waals surface area contributed by atoms with E-state index in [1.807, 2.05) is 0 Å². The van der Waals surface area contributed by atoms with Crippen LogP contribution in [0.4, 0.5) is 0 Å². The average molecular weight is 621 g/mol. The van der Waals surface area contributed by atoms with Crippen LogP contribution in [-0.4, -0.2) is 43.4 Å². The van der Waals surface area contributed by atoms with Gasteiger partial charge in [0.05, 0.1) is 23.0 Å². The Morgan fingerprint density at radius 3 is 1.39 bits per heavy atom. The van der Waals surface area contributed by atoms with Gasteiger partial charge in [0, 0.05) is 0 Å². The SMILES string of the molecule is CCCCCCCCCCCCCCCCCCCCOC(=O)c1ccccc1C(=O)OCC(CC)S(=O)(=O)[O-].[K+]. The van der Waals surface area contributed by atoms with Gasteiger partial charge in [0.2, 0.25) is 0 Å². The summed E-state index contributed by atoms with van der Waals surface area (Å²) in [7, 11) is -4.57. The molecule has 0 aliphatic rings. The maximum Gasteiger partial charge on any atom is 1.00 e. The molecule has 0 radical (unpaired) electrons. The molecule has 0 fully saturated rings. The first-order valence-electron chi connectivity index (χ1n) is 15.7. The number of rotatable bonds is 25. The molecule has 0 amide bonds. The molecule has 1 aromatic carbocycles. The smallest absolute Gasteiger partial charge is 0.748 e. The third-order valence-corrected chi connectivity index (χ3v) is 8.65.